The highest BCUT2D eigenvalue weighted by Gasteiger charge is 2.19. The molecular weight excluding hydrogens is 200 g/mol. The first-order valence-electron chi connectivity index (χ1n) is 6.34. The highest BCUT2D eigenvalue weighted by Crippen LogP contribution is 2.28. The molecule has 0 amide bonds. The van der Waals surface area contributed by atoms with E-state index in [0.717, 1.165) is 24.2 Å². The second kappa shape index (κ2) is 5.43. The molecule has 90 valence electrons. The molecule has 2 N–H and O–H groups in total. The average Bonchev–Trinajstić information content (AvgIpc) is 2.81. The maximum atomic E-state index is 4.16. The zero-order valence-electron chi connectivity index (χ0n) is 10.2. The summed E-state index contributed by atoms with van der Waals surface area (Å²) < 4.78 is 0. The van der Waals surface area contributed by atoms with Crippen molar-refractivity contribution in [2.24, 2.45) is 11.8 Å². The highest BCUT2D eigenvalue weighted by atomic mass is 15.2. The third-order valence-electron chi connectivity index (χ3n) is 3.69. The summed E-state index contributed by atoms with van der Waals surface area (Å²) in [6.07, 6.45) is 7.09. The highest BCUT2D eigenvalue weighted by molar-refractivity contribution is 4.88. The minimum absolute atomic E-state index is 0.279. The van der Waals surface area contributed by atoms with E-state index in [1.54, 1.807) is 6.33 Å². The van der Waals surface area contributed by atoms with Gasteiger partial charge in [-0.3, -0.25) is 5.10 Å². The van der Waals surface area contributed by atoms with Crippen molar-refractivity contribution in [1.82, 2.24) is 20.5 Å². The Kier molecular flexibility index (Phi) is 3.93. The van der Waals surface area contributed by atoms with E-state index in [1.165, 1.54) is 25.7 Å². The summed E-state index contributed by atoms with van der Waals surface area (Å²) >= 11 is 0. The van der Waals surface area contributed by atoms with Gasteiger partial charge in [-0.2, -0.15) is 5.10 Å². The topological polar surface area (TPSA) is 53.6 Å². The van der Waals surface area contributed by atoms with E-state index in [4.69, 9.17) is 0 Å². The molecule has 1 unspecified atom stereocenters. The van der Waals surface area contributed by atoms with Crippen LogP contribution in [0.15, 0.2) is 6.33 Å². The Hall–Kier alpha value is -0.900. The number of hydrogen-bond acceptors (Lipinski definition) is 3. The van der Waals surface area contributed by atoms with Gasteiger partial charge in [0.25, 0.3) is 0 Å². The number of H-pyrrole nitrogens is 1. The number of rotatable bonds is 4. The van der Waals surface area contributed by atoms with Gasteiger partial charge in [0.2, 0.25) is 0 Å². The van der Waals surface area contributed by atoms with Crippen LogP contribution < -0.4 is 5.32 Å². The van der Waals surface area contributed by atoms with Crippen molar-refractivity contribution < 1.29 is 0 Å². The molecule has 4 heteroatoms. The Bertz CT molecular complexity index is 288. The van der Waals surface area contributed by atoms with Gasteiger partial charge in [-0.05, 0) is 38.1 Å². The van der Waals surface area contributed by atoms with Crippen molar-refractivity contribution in [3.05, 3.63) is 12.2 Å². The number of hydrogen-bond donors (Lipinski definition) is 2. The molecule has 1 atom stereocenters. The first-order valence-corrected chi connectivity index (χ1v) is 6.34. The smallest absolute Gasteiger partial charge is 0.141 e. The van der Waals surface area contributed by atoms with E-state index >= 15 is 0 Å². The van der Waals surface area contributed by atoms with Crippen LogP contribution in [0.2, 0.25) is 0 Å². The van der Waals surface area contributed by atoms with Crippen LogP contribution in [-0.4, -0.2) is 21.7 Å². The molecule has 0 saturated heterocycles. The number of nitrogens with one attached hydrogen (secondary N) is 2. The molecule has 0 aromatic carbocycles. The van der Waals surface area contributed by atoms with Gasteiger partial charge in [0.15, 0.2) is 0 Å². The summed E-state index contributed by atoms with van der Waals surface area (Å²) in [5.41, 5.74) is 0. The first-order chi connectivity index (χ1) is 7.75. The molecule has 1 aliphatic carbocycles. The van der Waals surface area contributed by atoms with E-state index in [0.29, 0.717) is 0 Å². The van der Waals surface area contributed by atoms with Gasteiger partial charge in [0.05, 0.1) is 6.04 Å². The van der Waals surface area contributed by atoms with Gasteiger partial charge in [-0.15, -0.1) is 0 Å². The monoisotopic (exact) mass is 222 g/mol. The molecule has 1 saturated carbocycles. The summed E-state index contributed by atoms with van der Waals surface area (Å²) in [7, 11) is 0. The zero-order chi connectivity index (χ0) is 11.4. The standard InChI is InChI=1S/C12H22N4/c1-9-3-5-11(6-4-9)7-13-10(2)12-14-8-15-16-12/h8-11,13H,3-7H2,1-2H3,(H,14,15,16). The largest absolute Gasteiger partial charge is 0.307 e. The van der Waals surface area contributed by atoms with Crippen molar-refractivity contribution in [1.29, 1.82) is 0 Å². The second-order valence-electron chi connectivity index (χ2n) is 5.13. The molecule has 0 bridgehead atoms. The van der Waals surface area contributed by atoms with Crippen LogP contribution in [-0.2, 0) is 0 Å². The molecule has 2 rings (SSSR count). The molecule has 4 nitrogen and oxygen atoms in total. The summed E-state index contributed by atoms with van der Waals surface area (Å²) in [5, 5.41) is 10.3. The SMILES string of the molecule is CC1CCC(CNC(C)c2ncn[nH]2)CC1. The molecule has 0 radical (unpaired) electrons. The van der Waals surface area contributed by atoms with E-state index in [1.807, 2.05) is 0 Å². The molecule has 1 aromatic rings. The van der Waals surface area contributed by atoms with Crippen LogP contribution in [0.5, 0.6) is 0 Å². The van der Waals surface area contributed by atoms with Crippen molar-refractivity contribution in [3.8, 4) is 0 Å². The fourth-order valence-electron chi connectivity index (χ4n) is 2.40. The number of aromatic nitrogens is 3. The lowest BCUT2D eigenvalue weighted by molar-refractivity contribution is 0.275. The lowest BCUT2D eigenvalue weighted by atomic mass is 9.83. The van der Waals surface area contributed by atoms with Crippen LogP contribution in [0, 0.1) is 11.8 Å². The number of nitrogens with zero attached hydrogens (tertiary/aromatic N) is 2. The van der Waals surface area contributed by atoms with Crippen LogP contribution in [0.25, 0.3) is 0 Å². The molecule has 1 fully saturated rings. The number of aromatic amines is 1. The second-order valence-corrected chi connectivity index (χ2v) is 5.13. The van der Waals surface area contributed by atoms with Crippen LogP contribution >= 0.6 is 0 Å². The van der Waals surface area contributed by atoms with E-state index in [-0.39, 0.29) is 6.04 Å². The summed E-state index contributed by atoms with van der Waals surface area (Å²) in [4.78, 5) is 4.16. The fraction of sp³-hybridized carbons (Fsp3) is 0.833. The maximum absolute atomic E-state index is 4.16. The third-order valence-corrected chi connectivity index (χ3v) is 3.69. The molecule has 16 heavy (non-hydrogen) atoms. The Morgan fingerprint density at radius 3 is 2.81 bits per heavy atom. The quantitative estimate of drug-likeness (QED) is 0.821. The maximum Gasteiger partial charge on any atom is 0.141 e. The molecule has 0 spiro atoms. The lowest BCUT2D eigenvalue weighted by Crippen LogP contribution is -2.28. The van der Waals surface area contributed by atoms with Gasteiger partial charge in [0, 0.05) is 0 Å². The molecule has 1 aromatic heterocycles. The van der Waals surface area contributed by atoms with Gasteiger partial charge in [-0.25, -0.2) is 4.98 Å². The van der Waals surface area contributed by atoms with Crippen LogP contribution in [0.3, 0.4) is 0 Å². The summed E-state index contributed by atoms with van der Waals surface area (Å²) in [6.45, 7) is 5.60. The molecule has 0 aliphatic heterocycles. The van der Waals surface area contributed by atoms with Crippen molar-refractivity contribution >= 4 is 0 Å². The average molecular weight is 222 g/mol. The summed E-state index contributed by atoms with van der Waals surface area (Å²) in [5.74, 6) is 2.72. The molecule has 1 aliphatic rings. The van der Waals surface area contributed by atoms with Gasteiger partial charge < -0.3 is 5.32 Å². The van der Waals surface area contributed by atoms with E-state index in [9.17, 15) is 0 Å². The van der Waals surface area contributed by atoms with Gasteiger partial charge in [0.1, 0.15) is 12.2 Å². The van der Waals surface area contributed by atoms with Crippen molar-refractivity contribution in [2.45, 2.75) is 45.6 Å². The minimum atomic E-state index is 0.279. The minimum Gasteiger partial charge on any atom is -0.307 e. The van der Waals surface area contributed by atoms with Crippen LogP contribution in [0.1, 0.15) is 51.4 Å². The molecular formula is C12H22N4. The zero-order valence-corrected chi connectivity index (χ0v) is 10.2. The summed E-state index contributed by atoms with van der Waals surface area (Å²) in [6, 6.07) is 0.279. The molecule has 1 heterocycles. The predicted octanol–water partition coefficient (Wildman–Crippen LogP) is 2.28. The third kappa shape index (κ3) is 3.04. The Morgan fingerprint density at radius 2 is 2.19 bits per heavy atom. The fourth-order valence-corrected chi connectivity index (χ4v) is 2.40. The van der Waals surface area contributed by atoms with Crippen molar-refractivity contribution in [3.63, 3.8) is 0 Å². The normalized spacial score (nSPS) is 27.9. The lowest BCUT2D eigenvalue weighted by Gasteiger charge is -2.27. The Balaban J connectivity index is 1.71. The van der Waals surface area contributed by atoms with Crippen LogP contribution in [0.4, 0.5) is 0 Å². The Morgan fingerprint density at radius 1 is 1.44 bits per heavy atom. The predicted molar refractivity (Wildman–Crippen MR) is 63.9 cm³/mol. The van der Waals surface area contributed by atoms with E-state index in [2.05, 4.69) is 34.3 Å². The van der Waals surface area contributed by atoms with Gasteiger partial charge >= 0.3 is 0 Å². The first kappa shape index (κ1) is 11.6. The Labute approximate surface area is 97.2 Å². The van der Waals surface area contributed by atoms with Crippen molar-refractivity contribution in [2.75, 3.05) is 6.54 Å². The van der Waals surface area contributed by atoms with E-state index < -0.39 is 0 Å². The van der Waals surface area contributed by atoms with Gasteiger partial charge in [-0.1, -0.05) is 19.8 Å².